The first-order chi connectivity index (χ1) is 6.07. The molecule has 5 heteroatoms. The fourth-order valence-corrected chi connectivity index (χ4v) is 1.11. The maximum atomic E-state index is 12.2. The van der Waals surface area contributed by atoms with Crippen molar-refractivity contribution in [3.8, 4) is 0 Å². The second-order valence-electron chi connectivity index (χ2n) is 2.67. The van der Waals surface area contributed by atoms with Gasteiger partial charge < -0.3 is 0 Å². The van der Waals surface area contributed by atoms with Gasteiger partial charge in [-0.2, -0.15) is 18.3 Å². The van der Waals surface area contributed by atoms with Crippen molar-refractivity contribution in [2.75, 3.05) is 0 Å². The summed E-state index contributed by atoms with van der Waals surface area (Å²) in [5.41, 5.74) is -0.265. The number of aromatic amines is 1. The summed E-state index contributed by atoms with van der Waals surface area (Å²) in [5, 5.41) is 6.79. The van der Waals surface area contributed by atoms with E-state index in [9.17, 15) is 13.2 Å². The summed E-state index contributed by atoms with van der Waals surface area (Å²) in [6.45, 7) is 0. The summed E-state index contributed by atoms with van der Waals surface area (Å²) in [6, 6.07) is 3.47. The zero-order chi connectivity index (χ0) is 9.47. The molecule has 0 aliphatic rings. The first kappa shape index (κ1) is 8.10. The third-order valence-corrected chi connectivity index (χ3v) is 1.77. The molecule has 0 atom stereocenters. The van der Waals surface area contributed by atoms with Gasteiger partial charge in [0.2, 0.25) is 0 Å². The van der Waals surface area contributed by atoms with Crippen LogP contribution in [0.5, 0.6) is 0 Å². The van der Waals surface area contributed by atoms with E-state index in [1.165, 1.54) is 12.3 Å². The predicted octanol–water partition coefficient (Wildman–Crippen LogP) is 2.58. The second kappa shape index (κ2) is 2.48. The molecule has 0 saturated heterocycles. The number of hydrogen-bond acceptors (Lipinski definition) is 1. The molecular weight excluding hydrogens is 181 g/mol. The first-order valence-electron chi connectivity index (χ1n) is 3.58. The molecular formula is C8H5F3N2. The monoisotopic (exact) mass is 186 g/mol. The van der Waals surface area contributed by atoms with Gasteiger partial charge in [0, 0.05) is 5.39 Å². The summed E-state index contributed by atoms with van der Waals surface area (Å²) >= 11 is 0. The summed E-state index contributed by atoms with van der Waals surface area (Å²) in [4.78, 5) is 0. The molecule has 1 N–H and O–H groups in total. The molecule has 1 aromatic heterocycles. The molecule has 0 radical (unpaired) electrons. The highest BCUT2D eigenvalue weighted by Gasteiger charge is 2.30. The fraction of sp³-hybridized carbons (Fsp3) is 0.125. The van der Waals surface area contributed by atoms with Gasteiger partial charge in [-0.05, 0) is 12.1 Å². The Morgan fingerprint density at radius 2 is 2.00 bits per heavy atom. The van der Waals surface area contributed by atoms with Crippen molar-refractivity contribution in [2.45, 2.75) is 6.18 Å². The van der Waals surface area contributed by atoms with Crippen LogP contribution in [0.15, 0.2) is 24.4 Å². The zero-order valence-corrected chi connectivity index (χ0v) is 6.39. The van der Waals surface area contributed by atoms with Gasteiger partial charge in [-0.15, -0.1) is 0 Å². The summed E-state index contributed by atoms with van der Waals surface area (Å²) in [7, 11) is 0. The van der Waals surface area contributed by atoms with Crippen LogP contribution in [-0.2, 0) is 6.18 Å². The van der Waals surface area contributed by atoms with Crippen molar-refractivity contribution >= 4 is 10.9 Å². The number of nitrogens with one attached hydrogen (secondary N) is 1. The number of rotatable bonds is 0. The molecule has 0 fully saturated rings. The van der Waals surface area contributed by atoms with Gasteiger partial charge in [0.25, 0.3) is 0 Å². The Labute approximate surface area is 71.4 Å². The lowest BCUT2D eigenvalue weighted by molar-refractivity contribution is -0.137. The minimum Gasteiger partial charge on any atom is -0.278 e. The molecule has 1 heterocycles. The van der Waals surface area contributed by atoms with Crippen LogP contribution in [0.4, 0.5) is 13.2 Å². The largest absolute Gasteiger partial charge is 0.416 e. The van der Waals surface area contributed by atoms with Gasteiger partial charge in [0.1, 0.15) is 0 Å². The number of aromatic nitrogens is 2. The van der Waals surface area contributed by atoms with Crippen molar-refractivity contribution < 1.29 is 13.2 Å². The highest BCUT2D eigenvalue weighted by molar-refractivity contribution is 5.78. The lowest BCUT2D eigenvalue weighted by Gasteiger charge is -2.05. The molecule has 2 rings (SSSR count). The molecule has 0 aliphatic carbocycles. The smallest absolute Gasteiger partial charge is 0.278 e. The van der Waals surface area contributed by atoms with Crippen LogP contribution in [-0.4, -0.2) is 10.2 Å². The number of benzene rings is 1. The number of fused-ring (bicyclic) bond motifs is 1. The van der Waals surface area contributed by atoms with E-state index < -0.39 is 11.7 Å². The molecule has 0 bridgehead atoms. The van der Waals surface area contributed by atoms with E-state index in [2.05, 4.69) is 10.2 Å². The molecule has 0 unspecified atom stereocenters. The average Bonchev–Trinajstić information content (AvgIpc) is 2.47. The molecule has 1 aromatic carbocycles. The summed E-state index contributed by atoms with van der Waals surface area (Å²) < 4.78 is 36.6. The van der Waals surface area contributed by atoms with Crippen LogP contribution >= 0.6 is 0 Å². The van der Waals surface area contributed by atoms with Crippen molar-refractivity contribution in [1.29, 1.82) is 0 Å². The number of nitrogens with zero attached hydrogens (tertiary/aromatic N) is 1. The van der Waals surface area contributed by atoms with Crippen LogP contribution in [0, 0.1) is 0 Å². The quantitative estimate of drug-likeness (QED) is 0.673. The Kier molecular flexibility index (Phi) is 1.55. The fourth-order valence-electron chi connectivity index (χ4n) is 1.11. The lowest BCUT2D eigenvalue weighted by atomic mass is 10.1. The minimum atomic E-state index is -4.29. The minimum absolute atomic E-state index is 0.398. The van der Waals surface area contributed by atoms with Crippen molar-refractivity contribution in [2.24, 2.45) is 0 Å². The van der Waals surface area contributed by atoms with Crippen molar-refractivity contribution in [3.05, 3.63) is 30.0 Å². The van der Waals surface area contributed by atoms with Gasteiger partial charge >= 0.3 is 6.18 Å². The van der Waals surface area contributed by atoms with E-state index in [4.69, 9.17) is 0 Å². The van der Waals surface area contributed by atoms with Crippen LogP contribution in [0.2, 0.25) is 0 Å². The van der Waals surface area contributed by atoms with E-state index in [-0.39, 0.29) is 0 Å². The average molecular weight is 186 g/mol. The summed E-state index contributed by atoms with van der Waals surface area (Å²) in [5.74, 6) is 0. The van der Waals surface area contributed by atoms with E-state index in [0.29, 0.717) is 10.9 Å². The summed E-state index contributed by atoms with van der Waals surface area (Å²) in [6.07, 6.45) is -2.81. The van der Waals surface area contributed by atoms with Crippen molar-refractivity contribution in [3.63, 3.8) is 0 Å². The number of hydrogen-bond donors (Lipinski definition) is 1. The van der Waals surface area contributed by atoms with E-state index in [1.54, 1.807) is 0 Å². The number of H-pyrrole nitrogens is 1. The Balaban J connectivity index is 2.61. The topological polar surface area (TPSA) is 28.7 Å². The lowest BCUT2D eigenvalue weighted by Crippen LogP contribution is -2.03. The molecule has 0 saturated carbocycles. The molecule has 68 valence electrons. The Hall–Kier alpha value is -1.52. The van der Waals surface area contributed by atoms with Gasteiger partial charge in [0.15, 0.2) is 0 Å². The predicted molar refractivity (Wildman–Crippen MR) is 41.1 cm³/mol. The van der Waals surface area contributed by atoms with E-state index in [0.717, 1.165) is 12.1 Å². The van der Waals surface area contributed by atoms with Gasteiger partial charge in [-0.25, -0.2) is 0 Å². The van der Waals surface area contributed by atoms with Gasteiger partial charge in [-0.1, -0.05) is 6.07 Å². The highest BCUT2D eigenvalue weighted by Crippen LogP contribution is 2.30. The Bertz CT molecular complexity index is 430. The molecule has 2 aromatic rings. The molecule has 0 aliphatic heterocycles. The zero-order valence-electron chi connectivity index (χ0n) is 6.39. The van der Waals surface area contributed by atoms with Gasteiger partial charge in [-0.3, -0.25) is 5.10 Å². The molecule has 0 spiro atoms. The third kappa shape index (κ3) is 1.37. The van der Waals surface area contributed by atoms with Crippen LogP contribution < -0.4 is 0 Å². The second-order valence-corrected chi connectivity index (χ2v) is 2.67. The Morgan fingerprint density at radius 3 is 2.69 bits per heavy atom. The van der Waals surface area contributed by atoms with Crippen LogP contribution in [0.25, 0.3) is 10.9 Å². The third-order valence-electron chi connectivity index (χ3n) is 1.77. The van der Waals surface area contributed by atoms with Crippen LogP contribution in [0.1, 0.15) is 5.56 Å². The SMILES string of the molecule is FC(F)(F)c1ccc2cn[nH]c2c1. The normalized spacial score (nSPS) is 12.2. The van der Waals surface area contributed by atoms with Crippen LogP contribution in [0.3, 0.4) is 0 Å². The maximum absolute atomic E-state index is 12.2. The van der Waals surface area contributed by atoms with E-state index in [1.807, 2.05) is 0 Å². The molecule has 2 nitrogen and oxygen atoms in total. The first-order valence-corrected chi connectivity index (χ1v) is 3.58. The van der Waals surface area contributed by atoms with E-state index >= 15 is 0 Å². The Morgan fingerprint density at radius 1 is 1.23 bits per heavy atom. The molecule has 0 amide bonds. The standard InChI is InChI=1S/C8H5F3N2/c9-8(10,11)6-2-1-5-4-12-13-7(5)3-6/h1-4H,(H,12,13). The molecule has 13 heavy (non-hydrogen) atoms. The highest BCUT2D eigenvalue weighted by atomic mass is 19.4. The number of alkyl halides is 3. The van der Waals surface area contributed by atoms with Crippen molar-refractivity contribution in [1.82, 2.24) is 10.2 Å². The number of halogens is 3. The maximum Gasteiger partial charge on any atom is 0.416 e. The van der Waals surface area contributed by atoms with Gasteiger partial charge in [0.05, 0.1) is 17.3 Å².